The van der Waals surface area contributed by atoms with Gasteiger partial charge in [-0.25, -0.2) is 14.4 Å². The van der Waals surface area contributed by atoms with E-state index in [4.69, 9.17) is 28.4 Å². The molecule has 0 saturated heterocycles. The second-order valence-corrected chi connectivity index (χ2v) is 7.16. The number of benzene rings is 2. The van der Waals surface area contributed by atoms with Gasteiger partial charge in [0.25, 0.3) is 0 Å². The molecule has 0 bridgehead atoms. The zero-order valence-electron chi connectivity index (χ0n) is 19.6. The van der Waals surface area contributed by atoms with Gasteiger partial charge >= 0.3 is 17.9 Å². The number of methoxy groups -OCH3 is 2. The first kappa shape index (κ1) is 27.4. The Morgan fingerprint density at radius 3 is 1.86 bits per heavy atom. The average molecular weight is 488 g/mol. The van der Waals surface area contributed by atoms with E-state index >= 15 is 0 Å². The Balaban J connectivity index is 2.38. The minimum absolute atomic E-state index is 0.0332. The van der Waals surface area contributed by atoms with Crippen LogP contribution in [0.4, 0.5) is 0 Å². The molecule has 35 heavy (non-hydrogen) atoms. The lowest BCUT2D eigenvalue weighted by Crippen LogP contribution is -2.29. The van der Waals surface area contributed by atoms with Crippen LogP contribution in [0.3, 0.4) is 0 Å². The van der Waals surface area contributed by atoms with Gasteiger partial charge in [0.05, 0.1) is 13.2 Å². The van der Waals surface area contributed by atoms with E-state index in [-0.39, 0.29) is 43.5 Å². The quantitative estimate of drug-likeness (QED) is 0.295. The van der Waals surface area contributed by atoms with Crippen LogP contribution in [-0.2, 0) is 28.5 Å². The summed E-state index contributed by atoms with van der Waals surface area (Å²) in [6.07, 6.45) is 0.491. The molecule has 0 heterocycles. The first-order valence-electron chi connectivity index (χ1n) is 10.5. The van der Waals surface area contributed by atoms with Crippen LogP contribution in [0.2, 0.25) is 0 Å². The van der Waals surface area contributed by atoms with Crippen molar-refractivity contribution in [2.45, 2.75) is 12.2 Å². The summed E-state index contributed by atoms with van der Waals surface area (Å²) in [6, 6.07) is 8.20. The fraction of sp³-hybridized carbons (Fsp3) is 0.320. The van der Waals surface area contributed by atoms with Crippen molar-refractivity contribution >= 4 is 28.7 Å². The lowest BCUT2D eigenvalue weighted by atomic mass is 10.0. The van der Waals surface area contributed by atoms with Crippen LogP contribution in [-0.4, -0.2) is 75.9 Å². The molecule has 2 atom stereocenters. The summed E-state index contributed by atoms with van der Waals surface area (Å²) < 4.78 is 32.2. The number of aromatic carboxylic acids is 1. The van der Waals surface area contributed by atoms with Crippen molar-refractivity contribution in [2.24, 2.45) is 0 Å². The van der Waals surface area contributed by atoms with Crippen molar-refractivity contribution in [1.82, 2.24) is 0 Å². The van der Waals surface area contributed by atoms with Crippen molar-refractivity contribution < 1.29 is 47.9 Å². The lowest BCUT2D eigenvalue weighted by molar-refractivity contribution is -0.148. The minimum Gasteiger partial charge on any atom is -0.489 e. The van der Waals surface area contributed by atoms with E-state index in [1.165, 1.54) is 20.3 Å². The Morgan fingerprint density at radius 1 is 0.857 bits per heavy atom. The molecule has 2 unspecified atom stereocenters. The van der Waals surface area contributed by atoms with E-state index in [1.54, 1.807) is 24.3 Å². The highest BCUT2D eigenvalue weighted by atomic mass is 16.6. The molecule has 0 amide bonds. The molecule has 0 aliphatic carbocycles. The maximum atomic E-state index is 12.1. The summed E-state index contributed by atoms with van der Waals surface area (Å²) in [6.45, 7) is 6.56. The lowest BCUT2D eigenvalue weighted by Gasteiger charge is -2.21. The Morgan fingerprint density at radius 2 is 1.37 bits per heavy atom. The minimum atomic E-state index is -1.26. The number of ether oxygens (including phenoxy) is 6. The van der Waals surface area contributed by atoms with E-state index in [2.05, 4.69) is 13.2 Å². The second kappa shape index (κ2) is 13.7. The second-order valence-electron chi connectivity index (χ2n) is 7.16. The summed E-state index contributed by atoms with van der Waals surface area (Å²) in [7, 11) is 2.88. The topological polar surface area (TPSA) is 127 Å². The molecule has 0 aliphatic heterocycles. The van der Waals surface area contributed by atoms with E-state index in [0.29, 0.717) is 10.8 Å². The maximum absolute atomic E-state index is 12.1. The van der Waals surface area contributed by atoms with E-state index in [1.807, 2.05) is 0 Å². The van der Waals surface area contributed by atoms with Crippen molar-refractivity contribution in [3.8, 4) is 11.5 Å². The molecule has 1 N–H and O–H groups in total. The Labute approximate surface area is 202 Å². The zero-order chi connectivity index (χ0) is 25.8. The van der Waals surface area contributed by atoms with Crippen LogP contribution >= 0.6 is 0 Å². The molecule has 0 aliphatic rings. The molecular weight excluding hydrogens is 460 g/mol. The molecular formula is C25H28O10. The summed E-state index contributed by atoms with van der Waals surface area (Å²) in [5.41, 5.74) is -0.170. The third-order valence-electron chi connectivity index (χ3n) is 4.63. The van der Waals surface area contributed by atoms with Crippen molar-refractivity contribution in [1.29, 1.82) is 0 Å². The van der Waals surface area contributed by atoms with Crippen LogP contribution in [0.1, 0.15) is 10.4 Å². The number of hydrogen-bond donors (Lipinski definition) is 1. The number of carboxylic acid groups (broad SMARTS) is 1. The third kappa shape index (κ3) is 7.83. The van der Waals surface area contributed by atoms with Gasteiger partial charge in [-0.05, 0) is 6.07 Å². The zero-order valence-corrected chi connectivity index (χ0v) is 19.6. The predicted molar refractivity (Wildman–Crippen MR) is 126 cm³/mol. The normalized spacial score (nSPS) is 12.3. The number of esters is 2. The molecule has 10 heteroatoms. The molecule has 10 nitrogen and oxygen atoms in total. The van der Waals surface area contributed by atoms with Crippen LogP contribution in [0.15, 0.2) is 55.6 Å². The first-order chi connectivity index (χ1) is 16.8. The standard InChI is InChI=1S/C25H28O10/c1-5-22(26)34-16(12-30-3)14-32-21-11-20(25(28)29)24(19-10-8-7-9-18(19)21)33-15-17(13-31-4)35-23(27)6-2/h5-11,16-17H,1-2,12-15H2,3-4H3,(H,28,29). The molecule has 0 fully saturated rings. The molecule has 0 radical (unpaired) electrons. The number of hydrogen-bond acceptors (Lipinski definition) is 9. The highest BCUT2D eigenvalue weighted by Gasteiger charge is 2.23. The van der Waals surface area contributed by atoms with Gasteiger partial charge in [-0.2, -0.15) is 0 Å². The van der Waals surface area contributed by atoms with Crippen molar-refractivity contribution in [3.63, 3.8) is 0 Å². The Bertz CT molecular complexity index is 1060. The van der Waals surface area contributed by atoms with Gasteiger partial charge in [-0.15, -0.1) is 0 Å². The van der Waals surface area contributed by atoms with Crippen LogP contribution < -0.4 is 9.47 Å². The number of rotatable bonds is 15. The summed E-state index contributed by atoms with van der Waals surface area (Å²) in [5.74, 6) is -2.24. The first-order valence-corrected chi connectivity index (χ1v) is 10.5. The number of carboxylic acids is 1. The highest BCUT2D eigenvalue weighted by Crippen LogP contribution is 2.37. The molecule has 2 aromatic carbocycles. The van der Waals surface area contributed by atoms with Gasteiger partial charge in [0.1, 0.15) is 30.3 Å². The van der Waals surface area contributed by atoms with E-state index < -0.39 is 30.1 Å². The van der Waals surface area contributed by atoms with Crippen LogP contribution in [0.25, 0.3) is 10.8 Å². The fourth-order valence-electron chi connectivity index (χ4n) is 3.14. The number of fused-ring (bicyclic) bond motifs is 1. The summed E-state index contributed by atoms with van der Waals surface area (Å²) in [5, 5.41) is 10.9. The summed E-state index contributed by atoms with van der Waals surface area (Å²) in [4.78, 5) is 35.2. The highest BCUT2D eigenvalue weighted by molar-refractivity contribution is 6.03. The molecule has 2 aromatic rings. The van der Waals surface area contributed by atoms with Crippen LogP contribution in [0.5, 0.6) is 11.5 Å². The van der Waals surface area contributed by atoms with Crippen molar-refractivity contribution in [3.05, 3.63) is 61.2 Å². The molecule has 188 valence electrons. The Hall–Kier alpha value is -3.89. The molecule has 0 saturated carbocycles. The van der Waals surface area contributed by atoms with E-state index in [9.17, 15) is 19.5 Å². The average Bonchev–Trinajstić information content (AvgIpc) is 2.85. The molecule has 0 aromatic heterocycles. The van der Waals surface area contributed by atoms with Gasteiger partial charge < -0.3 is 33.5 Å². The largest absolute Gasteiger partial charge is 0.489 e. The van der Waals surface area contributed by atoms with Crippen LogP contribution in [0, 0.1) is 0 Å². The summed E-state index contributed by atoms with van der Waals surface area (Å²) >= 11 is 0. The third-order valence-corrected chi connectivity index (χ3v) is 4.63. The van der Waals surface area contributed by atoms with Gasteiger partial charge in [-0.1, -0.05) is 37.4 Å². The monoisotopic (exact) mass is 488 g/mol. The van der Waals surface area contributed by atoms with E-state index in [0.717, 1.165) is 12.2 Å². The number of carbonyl (C=O) groups is 3. The SMILES string of the molecule is C=CC(=O)OC(COC)COc1cc(C(=O)O)c(OCC(COC)OC(=O)C=C)c2ccccc12. The van der Waals surface area contributed by atoms with Gasteiger partial charge in [-0.3, -0.25) is 0 Å². The maximum Gasteiger partial charge on any atom is 0.339 e. The van der Waals surface area contributed by atoms with Gasteiger partial charge in [0.2, 0.25) is 0 Å². The fourth-order valence-corrected chi connectivity index (χ4v) is 3.14. The molecule has 2 rings (SSSR count). The van der Waals surface area contributed by atoms with Gasteiger partial charge in [0.15, 0.2) is 12.2 Å². The smallest absolute Gasteiger partial charge is 0.339 e. The predicted octanol–water partition coefficient (Wildman–Crippen LogP) is 2.78. The molecule has 0 spiro atoms. The van der Waals surface area contributed by atoms with Crippen molar-refractivity contribution in [2.75, 3.05) is 40.6 Å². The number of carbonyl (C=O) groups excluding carboxylic acids is 2. The Kier molecular flexibility index (Phi) is 10.7. The van der Waals surface area contributed by atoms with Gasteiger partial charge in [0, 0.05) is 37.1 Å².